The van der Waals surface area contributed by atoms with Crippen molar-refractivity contribution in [3.05, 3.63) is 23.8 Å². The van der Waals surface area contributed by atoms with Gasteiger partial charge in [-0.1, -0.05) is 27.7 Å². The summed E-state index contributed by atoms with van der Waals surface area (Å²) in [4.78, 5) is 8.75. The molecule has 0 bridgehead atoms. The van der Waals surface area contributed by atoms with Gasteiger partial charge in [0.1, 0.15) is 0 Å². The highest BCUT2D eigenvalue weighted by atomic mass is 14.8. The molecular weight excluding hydrogens is 160 g/mol. The first-order valence-corrected chi connectivity index (χ1v) is 4.90. The number of nitrogens with zero attached hydrogens (tertiary/aromatic N) is 2. The molecule has 0 saturated heterocycles. The summed E-state index contributed by atoms with van der Waals surface area (Å²) in [5.74, 6) is 1.12. The van der Waals surface area contributed by atoms with Crippen LogP contribution in [0.2, 0.25) is 0 Å². The molecule has 72 valence electrons. The molecule has 1 heterocycles. The van der Waals surface area contributed by atoms with Gasteiger partial charge in [-0.15, -0.1) is 0 Å². The van der Waals surface area contributed by atoms with E-state index in [0.717, 1.165) is 17.8 Å². The van der Waals surface area contributed by atoms with Crippen molar-refractivity contribution in [2.45, 2.75) is 40.0 Å². The molecule has 0 amide bonds. The zero-order valence-corrected chi connectivity index (χ0v) is 8.91. The quantitative estimate of drug-likeness (QED) is 0.711. The van der Waals surface area contributed by atoms with Crippen LogP contribution >= 0.6 is 0 Å². The van der Waals surface area contributed by atoms with Gasteiger partial charge < -0.3 is 0 Å². The smallest absolute Gasteiger partial charge is 0.0612 e. The minimum Gasteiger partial charge on any atom is -0.258 e. The molecule has 0 aliphatic rings. The van der Waals surface area contributed by atoms with Crippen molar-refractivity contribution in [3.63, 3.8) is 0 Å². The summed E-state index contributed by atoms with van der Waals surface area (Å²) in [6.45, 7) is 8.65. The van der Waals surface area contributed by atoms with Gasteiger partial charge >= 0.3 is 0 Å². The fourth-order valence-corrected chi connectivity index (χ4v) is 1.19. The predicted octanol–water partition coefficient (Wildman–Crippen LogP) is 2.80. The lowest BCUT2D eigenvalue weighted by molar-refractivity contribution is 0.630. The Hall–Kier alpha value is -0.920. The third-order valence-corrected chi connectivity index (χ3v) is 1.93. The minimum atomic E-state index is 0.473. The maximum absolute atomic E-state index is 4.38. The Morgan fingerprint density at radius 3 is 2.15 bits per heavy atom. The third kappa shape index (κ3) is 3.13. The molecule has 0 spiro atoms. The van der Waals surface area contributed by atoms with Crippen LogP contribution in [0.1, 0.15) is 45.0 Å². The van der Waals surface area contributed by atoms with Crippen LogP contribution in [0.3, 0.4) is 0 Å². The molecule has 0 unspecified atom stereocenters. The lowest BCUT2D eigenvalue weighted by Crippen LogP contribution is -2.00. The first-order chi connectivity index (χ1) is 6.09. The highest BCUT2D eigenvalue weighted by Gasteiger charge is 2.02. The van der Waals surface area contributed by atoms with Crippen LogP contribution in [-0.4, -0.2) is 9.97 Å². The zero-order valence-electron chi connectivity index (χ0n) is 8.91. The van der Waals surface area contributed by atoms with Crippen LogP contribution in [0.15, 0.2) is 12.4 Å². The van der Waals surface area contributed by atoms with E-state index in [4.69, 9.17) is 0 Å². The van der Waals surface area contributed by atoms with Crippen molar-refractivity contribution >= 4 is 0 Å². The van der Waals surface area contributed by atoms with Crippen molar-refractivity contribution in [2.24, 2.45) is 5.92 Å². The largest absolute Gasteiger partial charge is 0.258 e. The van der Waals surface area contributed by atoms with Crippen molar-refractivity contribution in [1.29, 1.82) is 0 Å². The van der Waals surface area contributed by atoms with Crippen LogP contribution in [0.4, 0.5) is 0 Å². The summed E-state index contributed by atoms with van der Waals surface area (Å²) in [6.07, 6.45) is 4.81. The molecule has 0 aliphatic carbocycles. The lowest BCUT2D eigenvalue weighted by atomic mass is 10.1. The van der Waals surface area contributed by atoms with Gasteiger partial charge in [-0.05, 0) is 18.3 Å². The molecule has 1 aromatic rings. The lowest BCUT2D eigenvalue weighted by Gasteiger charge is -2.06. The van der Waals surface area contributed by atoms with Crippen LogP contribution in [-0.2, 0) is 6.42 Å². The van der Waals surface area contributed by atoms with E-state index in [-0.39, 0.29) is 0 Å². The highest BCUT2D eigenvalue weighted by molar-refractivity contribution is 5.05. The average Bonchev–Trinajstić information content (AvgIpc) is 2.04. The Morgan fingerprint density at radius 1 is 1.08 bits per heavy atom. The Kier molecular flexibility index (Phi) is 3.40. The molecule has 2 heteroatoms. The van der Waals surface area contributed by atoms with E-state index in [1.807, 2.05) is 12.4 Å². The molecule has 0 saturated carbocycles. The monoisotopic (exact) mass is 178 g/mol. The molecule has 0 radical (unpaired) electrons. The summed E-state index contributed by atoms with van der Waals surface area (Å²) in [5, 5.41) is 0. The van der Waals surface area contributed by atoms with Gasteiger partial charge in [0, 0.05) is 12.4 Å². The van der Waals surface area contributed by atoms with E-state index in [1.165, 1.54) is 0 Å². The van der Waals surface area contributed by atoms with Crippen molar-refractivity contribution < 1.29 is 0 Å². The van der Waals surface area contributed by atoms with Gasteiger partial charge in [0.15, 0.2) is 0 Å². The number of hydrogen-bond acceptors (Lipinski definition) is 2. The van der Waals surface area contributed by atoms with E-state index in [0.29, 0.717) is 11.8 Å². The molecule has 0 aliphatic heterocycles. The topological polar surface area (TPSA) is 25.8 Å². The Balaban J connectivity index is 2.70. The maximum Gasteiger partial charge on any atom is 0.0612 e. The van der Waals surface area contributed by atoms with Gasteiger partial charge in [-0.3, -0.25) is 9.97 Å². The van der Waals surface area contributed by atoms with Gasteiger partial charge in [0.25, 0.3) is 0 Å². The first kappa shape index (κ1) is 10.2. The molecule has 13 heavy (non-hydrogen) atoms. The summed E-state index contributed by atoms with van der Waals surface area (Å²) in [5.41, 5.74) is 2.17. The van der Waals surface area contributed by atoms with Gasteiger partial charge in [-0.2, -0.15) is 0 Å². The van der Waals surface area contributed by atoms with E-state index in [9.17, 15) is 0 Å². The number of aromatic nitrogens is 2. The predicted molar refractivity (Wildman–Crippen MR) is 54.7 cm³/mol. The van der Waals surface area contributed by atoms with Gasteiger partial charge in [-0.25, -0.2) is 0 Å². The van der Waals surface area contributed by atoms with Crippen LogP contribution < -0.4 is 0 Å². The zero-order chi connectivity index (χ0) is 9.84. The van der Waals surface area contributed by atoms with E-state index >= 15 is 0 Å². The highest BCUT2D eigenvalue weighted by Crippen LogP contribution is 2.10. The molecule has 0 fully saturated rings. The number of hydrogen-bond donors (Lipinski definition) is 0. The van der Waals surface area contributed by atoms with E-state index in [1.54, 1.807) is 0 Å². The average molecular weight is 178 g/mol. The van der Waals surface area contributed by atoms with Crippen LogP contribution in [0.5, 0.6) is 0 Å². The summed E-state index contributed by atoms with van der Waals surface area (Å²) in [6, 6.07) is 0. The Morgan fingerprint density at radius 2 is 1.77 bits per heavy atom. The summed E-state index contributed by atoms with van der Waals surface area (Å²) in [7, 11) is 0. The Labute approximate surface area is 80.4 Å². The van der Waals surface area contributed by atoms with Crippen molar-refractivity contribution in [1.82, 2.24) is 9.97 Å². The normalized spacial score (nSPS) is 11.2. The van der Waals surface area contributed by atoms with Crippen LogP contribution in [0.25, 0.3) is 0 Å². The summed E-state index contributed by atoms with van der Waals surface area (Å²) < 4.78 is 0. The SMILES string of the molecule is CC(C)Cc1cnc(C(C)C)cn1. The van der Waals surface area contributed by atoms with Crippen molar-refractivity contribution in [2.75, 3.05) is 0 Å². The molecule has 1 rings (SSSR count). The molecule has 0 atom stereocenters. The third-order valence-electron chi connectivity index (χ3n) is 1.93. The fourth-order valence-electron chi connectivity index (χ4n) is 1.19. The Bertz CT molecular complexity index is 249. The van der Waals surface area contributed by atoms with E-state index < -0.39 is 0 Å². The fraction of sp³-hybridized carbons (Fsp3) is 0.636. The second kappa shape index (κ2) is 4.35. The summed E-state index contributed by atoms with van der Waals surface area (Å²) >= 11 is 0. The van der Waals surface area contributed by atoms with E-state index in [2.05, 4.69) is 37.7 Å². The number of rotatable bonds is 3. The van der Waals surface area contributed by atoms with Crippen molar-refractivity contribution in [3.8, 4) is 0 Å². The second-order valence-electron chi connectivity index (χ2n) is 4.19. The maximum atomic E-state index is 4.38. The standard InChI is InChI=1S/C11H18N2/c1-8(2)5-10-6-13-11(7-12-10)9(3)4/h6-9H,5H2,1-4H3. The second-order valence-corrected chi connectivity index (χ2v) is 4.19. The van der Waals surface area contributed by atoms with Gasteiger partial charge in [0.2, 0.25) is 0 Å². The minimum absolute atomic E-state index is 0.473. The first-order valence-electron chi connectivity index (χ1n) is 4.90. The molecule has 0 N–H and O–H groups in total. The van der Waals surface area contributed by atoms with Crippen LogP contribution in [0, 0.1) is 5.92 Å². The molecular formula is C11H18N2. The molecule has 1 aromatic heterocycles. The molecule has 0 aromatic carbocycles. The van der Waals surface area contributed by atoms with Gasteiger partial charge in [0.05, 0.1) is 11.4 Å². The molecule has 2 nitrogen and oxygen atoms in total.